The van der Waals surface area contributed by atoms with Gasteiger partial charge in [0.2, 0.25) is 0 Å². The predicted molar refractivity (Wildman–Crippen MR) is 74.3 cm³/mol. The van der Waals surface area contributed by atoms with E-state index in [9.17, 15) is 4.79 Å². The van der Waals surface area contributed by atoms with Crippen molar-refractivity contribution < 1.29 is 0 Å². The highest BCUT2D eigenvalue weighted by Crippen LogP contribution is 2.14. The average Bonchev–Trinajstić information content (AvgIpc) is 2.68. The van der Waals surface area contributed by atoms with E-state index in [1.165, 1.54) is 4.68 Å². The molecule has 0 radical (unpaired) electrons. The molecule has 2 aromatic rings. The third-order valence-electron chi connectivity index (χ3n) is 2.98. The van der Waals surface area contributed by atoms with E-state index in [-0.39, 0.29) is 17.6 Å². The Bertz CT molecular complexity index is 596. The second-order valence-corrected chi connectivity index (χ2v) is 5.28. The minimum absolute atomic E-state index is 0.0532. The minimum atomic E-state index is -0.0532. The molecule has 0 unspecified atom stereocenters. The number of hydrogen-bond acceptors (Lipinski definition) is 3. The quantitative estimate of drug-likeness (QED) is 0.846. The third-order valence-corrected chi connectivity index (χ3v) is 2.98. The van der Waals surface area contributed by atoms with Gasteiger partial charge >= 0.3 is 5.69 Å². The van der Waals surface area contributed by atoms with Crippen LogP contribution < -0.4 is 5.69 Å². The molecule has 0 N–H and O–H groups in total. The second kappa shape index (κ2) is 5.38. The highest BCUT2D eigenvalue weighted by Gasteiger charge is 2.18. The van der Waals surface area contributed by atoms with Crippen molar-refractivity contribution in [1.82, 2.24) is 19.3 Å². The van der Waals surface area contributed by atoms with Gasteiger partial charge in [-0.25, -0.2) is 9.48 Å². The Morgan fingerprint density at radius 1 is 1.26 bits per heavy atom. The van der Waals surface area contributed by atoms with E-state index in [0.717, 1.165) is 11.4 Å². The molecule has 0 spiro atoms. The van der Waals surface area contributed by atoms with Gasteiger partial charge in [0.15, 0.2) is 0 Å². The summed E-state index contributed by atoms with van der Waals surface area (Å²) in [6.45, 7) is 8.57. The number of rotatable bonds is 4. The number of nitrogens with zero attached hydrogens (tertiary/aromatic N) is 4. The summed E-state index contributed by atoms with van der Waals surface area (Å²) in [5, 5.41) is 4.47. The van der Waals surface area contributed by atoms with E-state index in [4.69, 9.17) is 0 Å². The summed E-state index contributed by atoms with van der Waals surface area (Å²) in [7, 11) is 0. The Morgan fingerprint density at radius 3 is 2.47 bits per heavy atom. The van der Waals surface area contributed by atoms with Crippen molar-refractivity contribution >= 4 is 0 Å². The molecule has 2 heterocycles. The van der Waals surface area contributed by atoms with E-state index < -0.39 is 0 Å². The predicted octanol–water partition coefficient (Wildman–Crippen LogP) is 2.19. The van der Waals surface area contributed by atoms with Gasteiger partial charge in [-0.05, 0) is 25.5 Å². The maximum absolute atomic E-state index is 12.4. The van der Waals surface area contributed by atoms with Crippen LogP contribution in [0, 0.1) is 0 Å². The highest BCUT2D eigenvalue weighted by atomic mass is 16.2. The van der Waals surface area contributed by atoms with Crippen LogP contribution in [-0.2, 0) is 6.54 Å². The monoisotopic (exact) mass is 260 g/mol. The Balaban J connectivity index is 2.43. The normalized spacial score (nSPS) is 11.5. The van der Waals surface area contributed by atoms with Crippen LogP contribution in [0.3, 0.4) is 0 Å². The summed E-state index contributed by atoms with van der Waals surface area (Å²) >= 11 is 0. The third kappa shape index (κ3) is 2.75. The topological polar surface area (TPSA) is 52.7 Å². The molecule has 0 saturated carbocycles. The molecular formula is C14H20N4O. The zero-order valence-corrected chi connectivity index (χ0v) is 11.9. The molecule has 0 fully saturated rings. The lowest BCUT2D eigenvalue weighted by molar-refractivity contribution is 0.531. The highest BCUT2D eigenvalue weighted by molar-refractivity contribution is 5.09. The van der Waals surface area contributed by atoms with Gasteiger partial charge in [0.1, 0.15) is 5.82 Å². The van der Waals surface area contributed by atoms with Crippen molar-refractivity contribution in [2.75, 3.05) is 0 Å². The van der Waals surface area contributed by atoms with Gasteiger partial charge in [0.25, 0.3) is 0 Å². The van der Waals surface area contributed by atoms with Crippen LogP contribution in [0.2, 0.25) is 0 Å². The van der Waals surface area contributed by atoms with Gasteiger partial charge in [-0.2, -0.15) is 5.10 Å². The van der Waals surface area contributed by atoms with E-state index in [1.54, 1.807) is 17.0 Å². The van der Waals surface area contributed by atoms with Crippen LogP contribution in [0.4, 0.5) is 0 Å². The van der Waals surface area contributed by atoms with Crippen LogP contribution in [-0.4, -0.2) is 19.3 Å². The molecular weight excluding hydrogens is 240 g/mol. The molecule has 0 bridgehead atoms. The van der Waals surface area contributed by atoms with Gasteiger partial charge in [-0.15, -0.1) is 0 Å². The molecule has 2 rings (SSSR count). The lowest BCUT2D eigenvalue weighted by atomic mass is 10.2. The largest absolute Gasteiger partial charge is 0.346 e. The van der Waals surface area contributed by atoms with Crippen molar-refractivity contribution in [3.63, 3.8) is 0 Å². The lowest BCUT2D eigenvalue weighted by Crippen LogP contribution is -2.27. The first kappa shape index (κ1) is 13.5. The van der Waals surface area contributed by atoms with Crippen LogP contribution in [0.5, 0.6) is 0 Å². The van der Waals surface area contributed by atoms with E-state index in [1.807, 2.05) is 26.0 Å². The van der Waals surface area contributed by atoms with E-state index in [2.05, 4.69) is 23.9 Å². The molecule has 5 heteroatoms. The van der Waals surface area contributed by atoms with Crippen molar-refractivity contribution in [1.29, 1.82) is 0 Å². The number of aromatic nitrogens is 4. The summed E-state index contributed by atoms with van der Waals surface area (Å²) in [4.78, 5) is 16.4. The van der Waals surface area contributed by atoms with Crippen LogP contribution in [0.15, 0.2) is 29.3 Å². The van der Waals surface area contributed by atoms with Crippen molar-refractivity contribution in [2.24, 2.45) is 0 Å². The van der Waals surface area contributed by atoms with E-state index >= 15 is 0 Å². The molecule has 5 nitrogen and oxygen atoms in total. The molecule has 0 aromatic carbocycles. The van der Waals surface area contributed by atoms with Crippen LogP contribution >= 0.6 is 0 Å². The first-order chi connectivity index (χ1) is 9.00. The number of hydrogen-bond donors (Lipinski definition) is 0. The summed E-state index contributed by atoms with van der Waals surface area (Å²) < 4.78 is 3.29. The maximum Gasteiger partial charge on any atom is 0.346 e. The van der Waals surface area contributed by atoms with E-state index in [0.29, 0.717) is 6.54 Å². The maximum atomic E-state index is 12.4. The Morgan fingerprint density at radius 2 is 2.00 bits per heavy atom. The molecule has 0 saturated heterocycles. The zero-order valence-electron chi connectivity index (χ0n) is 11.9. The standard InChI is InChI=1S/C14H20N4O/c1-10(2)13-16-17(14(19)18(13)11(3)4)9-12-6-5-7-15-8-12/h5-8,10-11H,9H2,1-4H3. The molecule has 0 atom stereocenters. The van der Waals surface area contributed by atoms with Crippen LogP contribution in [0.1, 0.15) is 51.0 Å². The summed E-state index contributed by atoms with van der Waals surface area (Å²) in [5.74, 6) is 1.06. The van der Waals surface area contributed by atoms with Gasteiger partial charge in [-0.1, -0.05) is 19.9 Å². The summed E-state index contributed by atoms with van der Waals surface area (Å²) in [5.41, 5.74) is 0.927. The van der Waals surface area contributed by atoms with Gasteiger partial charge in [0.05, 0.1) is 6.54 Å². The van der Waals surface area contributed by atoms with Gasteiger partial charge in [0, 0.05) is 24.4 Å². The van der Waals surface area contributed by atoms with Gasteiger partial charge < -0.3 is 0 Å². The first-order valence-corrected chi connectivity index (χ1v) is 6.59. The van der Waals surface area contributed by atoms with Crippen molar-refractivity contribution in [3.05, 3.63) is 46.4 Å². The summed E-state index contributed by atoms with van der Waals surface area (Å²) in [6.07, 6.45) is 3.48. The Hall–Kier alpha value is -1.91. The summed E-state index contributed by atoms with van der Waals surface area (Å²) in [6, 6.07) is 3.93. The minimum Gasteiger partial charge on any atom is -0.276 e. The van der Waals surface area contributed by atoms with Crippen molar-refractivity contribution in [2.45, 2.75) is 46.2 Å². The SMILES string of the molecule is CC(C)c1nn(Cc2cccnc2)c(=O)n1C(C)C. The molecule has 0 amide bonds. The van der Waals surface area contributed by atoms with Gasteiger partial charge in [-0.3, -0.25) is 9.55 Å². The fourth-order valence-corrected chi connectivity index (χ4v) is 2.08. The first-order valence-electron chi connectivity index (χ1n) is 6.59. The fourth-order valence-electron chi connectivity index (χ4n) is 2.08. The smallest absolute Gasteiger partial charge is 0.276 e. The molecule has 102 valence electrons. The molecule has 2 aromatic heterocycles. The molecule has 0 aliphatic heterocycles. The fraction of sp³-hybridized carbons (Fsp3) is 0.500. The average molecular weight is 260 g/mol. The van der Waals surface area contributed by atoms with Crippen LogP contribution in [0.25, 0.3) is 0 Å². The lowest BCUT2D eigenvalue weighted by Gasteiger charge is -2.10. The molecule has 19 heavy (non-hydrogen) atoms. The Kier molecular flexibility index (Phi) is 3.83. The zero-order chi connectivity index (χ0) is 14.0. The number of pyridine rings is 1. The second-order valence-electron chi connectivity index (χ2n) is 5.28. The molecule has 0 aliphatic carbocycles. The van der Waals surface area contributed by atoms with Crippen molar-refractivity contribution in [3.8, 4) is 0 Å². The molecule has 0 aliphatic rings. The Labute approximate surface area is 112 Å².